The lowest BCUT2D eigenvalue weighted by atomic mass is 10.1. The first kappa shape index (κ1) is 17.6. The van der Waals surface area contributed by atoms with E-state index in [9.17, 15) is 4.79 Å². The zero-order valence-corrected chi connectivity index (χ0v) is 13.6. The Kier molecular flexibility index (Phi) is 6.81. The maximum Gasteiger partial charge on any atom is 0.326 e. The van der Waals surface area contributed by atoms with Gasteiger partial charge >= 0.3 is 5.97 Å². The summed E-state index contributed by atoms with van der Waals surface area (Å²) >= 11 is 0. The molecule has 0 saturated carbocycles. The van der Waals surface area contributed by atoms with E-state index in [4.69, 9.17) is 9.57 Å². The summed E-state index contributed by atoms with van der Waals surface area (Å²) in [7, 11) is 3.78. The fourth-order valence-corrected chi connectivity index (χ4v) is 1.66. The minimum absolute atomic E-state index is 0.315. The van der Waals surface area contributed by atoms with Crippen molar-refractivity contribution in [3.8, 4) is 0 Å². The average Bonchev–Trinajstić information content (AvgIpc) is 2.36. The van der Waals surface area contributed by atoms with Crippen LogP contribution < -0.4 is 5.48 Å². The van der Waals surface area contributed by atoms with Crippen LogP contribution in [0.4, 0.5) is 0 Å². The van der Waals surface area contributed by atoms with Gasteiger partial charge in [0.2, 0.25) is 0 Å². The number of hydrogen-bond acceptors (Lipinski definition) is 5. The van der Waals surface area contributed by atoms with E-state index >= 15 is 0 Å². The van der Waals surface area contributed by atoms with Gasteiger partial charge in [-0.25, -0.2) is 0 Å². The van der Waals surface area contributed by atoms with Gasteiger partial charge in [-0.2, -0.15) is 5.48 Å². The summed E-state index contributed by atoms with van der Waals surface area (Å²) in [6, 6.07) is 9.26. The highest BCUT2D eigenvalue weighted by Gasteiger charge is 2.25. The minimum Gasteiger partial charge on any atom is -0.459 e. The van der Waals surface area contributed by atoms with Crippen molar-refractivity contribution in [3.05, 3.63) is 35.9 Å². The number of nitrogens with zero attached hydrogens (tertiary/aromatic N) is 1. The first-order valence-electron chi connectivity index (χ1n) is 7.07. The summed E-state index contributed by atoms with van der Waals surface area (Å²) in [6.45, 7) is 5.94. The molecule has 1 atom stereocenters. The van der Waals surface area contributed by atoms with E-state index in [2.05, 4.69) is 5.48 Å². The number of hydrogen-bond donors (Lipinski definition) is 1. The Balaban J connectivity index is 2.67. The number of rotatable bonds is 7. The highest BCUT2D eigenvalue weighted by Crippen LogP contribution is 2.11. The Hall–Kier alpha value is -1.43. The molecule has 0 aromatic heterocycles. The second-order valence-electron chi connectivity index (χ2n) is 6.25. The second kappa shape index (κ2) is 8.12. The van der Waals surface area contributed by atoms with E-state index in [1.54, 1.807) is 0 Å². The van der Waals surface area contributed by atoms with Crippen LogP contribution >= 0.6 is 0 Å². The number of carbonyl (C=O) groups excluding carboxylic acids is 1. The van der Waals surface area contributed by atoms with Crippen LogP contribution in [0.15, 0.2) is 30.3 Å². The molecule has 0 unspecified atom stereocenters. The molecule has 1 aromatic carbocycles. The minimum atomic E-state index is -0.536. The van der Waals surface area contributed by atoms with Crippen molar-refractivity contribution < 1.29 is 14.4 Å². The van der Waals surface area contributed by atoms with Crippen LogP contribution in [0.3, 0.4) is 0 Å². The van der Waals surface area contributed by atoms with E-state index in [1.807, 2.05) is 70.1 Å². The highest BCUT2D eigenvalue weighted by atomic mass is 16.7. The van der Waals surface area contributed by atoms with Crippen molar-refractivity contribution in [1.29, 1.82) is 0 Å². The maximum atomic E-state index is 12.3. The van der Waals surface area contributed by atoms with E-state index in [-0.39, 0.29) is 5.97 Å². The van der Waals surface area contributed by atoms with Gasteiger partial charge in [0.05, 0.1) is 0 Å². The molecule has 118 valence electrons. The molecule has 0 fully saturated rings. The molecule has 0 heterocycles. The van der Waals surface area contributed by atoms with Gasteiger partial charge in [0.15, 0.2) is 0 Å². The number of benzene rings is 1. The first-order chi connectivity index (χ1) is 9.78. The Bertz CT molecular complexity index is 427. The summed E-state index contributed by atoms with van der Waals surface area (Å²) in [5, 5.41) is 0. The summed E-state index contributed by atoms with van der Waals surface area (Å²) in [6.07, 6.45) is 0.517. The van der Waals surface area contributed by atoms with Gasteiger partial charge < -0.3 is 4.74 Å². The van der Waals surface area contributed by atoms with Crippen LogP contribution in [0.1, 0.15) is 26.3 Å². The number of nitrogens with one attached hydrogen (secondary N) is 1. The lowest BCUT2D eigenvalue weighted by Crippen LogP contribution is -2.43. The third-order valence-electron chi connectivity index (χ3n) is 2.52. The predicted molar refractivity (Wildman–Crippen MR) is 82.6 cm³/mol. The molecule has 0 radical (unpaired) electrons. The van der Waals surface area contributed by atoms with Crippen LogP contribution in [0.5, 0.6) is 0 Å². The summed E-state index contributed by atoms with van der Waals surface area (Å²) < 4.78 is 5.43. The fourth-order valence-electron chi connectivity index (χ4n) is 1.66. The number of carbonyl (C=O) groups is 1. The summed E-state index contributed by atoms with van der Waals surface area (Å²) in [4.78, 5) is 19.5. The van der Waals surface area contributed by atoms with Gasteiger partial charge in [-0.15, -0.1) is 0 Å². The third kappa shape index (κ3) is 7.80. The molecule has 0 saturated heterocycles. The highest BCUT2D eigenvalue weighted by molar-refractivity contribution is 5.76. The van der Waals surface area contributed by atoms with Gasteiger partial charge in [-0.3, -0.25) is 14.5 Å². The van der Waals surface area contributed by atoms with Crippen LogP contribution in [0.25, 0.3) is 0 Å². The van der Waals surface area contributed by atoms with Gasteiger partial charge in [-0.1, -0.05) is 30.3 Å². The predicted octanol–water partition coefficient (Wildman–Crippen LogP) is 1.98. The van der Waals surface area contributed by atoms with Gasteiger partial charge in [0.25, 0.3) is 0 Å². The fraction of sp³-hybridized carbons (Fsp3) is 0.562. The lowest BCUT2D eigenvalue weighted by Gasteiger charge is -2.25. The summed E-state index contributed by atoms with van der Waals surface area (Å²) in [5.41, 5.74) is 3.34. The quantitative estimate of drug-likeness (QED) is 0.473. The SMILES string of the molecule is CN(C)CON[C@@H](Cc1ccccc1)C(=O)OC(C)(C)C. The van der Waals surface area contributed by atoms with E-state index in [0.29, 0.717) is 13.2 Å². The zero-order chi connectivity index (χ0) is 15.9. The molecule has 5 heteroatoms. The molecule has 1 rings (SSSR count). The molecule has 0 amide bonds. The van der Waals surface area contributed by atoms with Crippen molar-refractivity contribution in [2.24, 2.45) is 0 Å². The van der Waals surface area contributed by atoms with Crippen molar-refractivity contribution in [2.45, 2.75) is 38.8 Å². The third-order valence-corrected chi connectivity index (χ3v) is 2.52. The van der Waals surface area contributed by atoms with E-state index in [0.717, 1.165) is 5.56 Å². The summed E-state index contributed by atoms with van der Waals surface area (Å²) in [5.74, 6) is -0.315. The largest absolute Gasteiger partial charge is 0.459 e. The molecular formula is C16H26N2O3. The number of ether oxygens (including phenoxy) is 1. The smallest absolute Gasteiger partial charge is 0.326 e. The molecule has 21 heavy (non-hydrogen) atoms. The van der Waals surface area contributed by atoms with E-state index in [1.165, 1.54) is 0 Å². The molecule has 1 aromatic rings. The Morgan fingerprint density at radius 2 is 1.86 bits per heavy atom. The van der Waals surface area contributed by atoms with E-state index < -0.39 is 11.6 Å². The lowest BCUT2D eigenvalue weighted by molar-refractivity contribution is -0.163. The maximum absolute atomic E-state index is 12.3. The molecular weight excluding hydrogens is 268 g/mol. The molecule has 0 aliphatic rings. The monoisotopic (exact) mass is 294 g/mol. The standard InChI is InChI=1S/C16H26N2O3/c1-16(2,3)21-15(19)14(17-20-12-18(4)5)11-13-9-7-6-8-10-13/h6-10,14,17H,11-12H2,1-5H3/t14-/m0/s1. The van der Waals surface area contributed by atoms with Crippen molar-refractivity contribution in [2.75, 3.05) is 20.8 Å². The Labute approximate surface area is 127 Å². The van der Waals surface area contributed by atoms with Gasteiger partial charge in [-0.05, 0) is 40.4 Å². The molecule has 0 aliphatic heterocycles. The molecule has 0 aliphatic carbocycles. The molecule has 0 bridgehead atoms. The van der Waals surface area contributed by atoms with Crippen molar-refractivity contribution in [3.63, 3.8) is 0 Å². The van der Waals surface area contributed by atoms with Crippen LogP contribution in [0, 0.1) is 0 Å². The Morgan fingerprint density at radius 1 is 1.24 bits per heavy atom. The number of hydroxylamine groups is 1. The number of esters is 1. The van der Waals surface area contributed by atoms with Crippen molar-refractivity contribution in [1.82, 2.24) is 10.4 Å². The molecule has 1 N–H and O–H groups in total. The average molecular weight is 294 g/mol. The first-order valence-corrected chi connectivity index (χ1v) is 7.07. The zero-order valence-electron chi connectivity index (χ0n) is 13.6. The second-order valence-corrected chi connectivity index (χ2v) is 6.25. The normalized spacial score (nSPS) is 13.2. The Morgan fingerprint density at radius 3 is 2.38 bits per heavy atom. The molecule has 5 nitrogen and oxygen atoms in total. The van der Waals surface area contributed by atoms with Crippen molar-refractivity contribution >= 4 is 5.97 Å². The molecule has 0 spiro atoms. The topological polar surface area (TPSA) is 50.8 Å². The van der Waals surface area contributed by atoms with Gasteiger partial charge in [0.1, 0.15) is 18.4 Å². The van der Waals surface area contributed by atoms with Gasteiger partial charge in [0, 0.05) is 6.42 Å². The van der Waals surface area contributed by atoms with Crippen LogP contribution in [-0.2, 0) is 20.8 Å². The van der Waals surface area contributed by atoms with Crippen LogP contribution in [-0.4, -0.2) is 43.3 Å². The van der Waals surface area contributed by atoms with Crippen LogP contribution in [0.2, 0.25) is 0 Å².